The zero-order valence-electron chi connectivity index (χ0n) is 12.1. The second-order valence-electron chi connectivity index (χ2n) is 4.40. The van der Waals surface area contributed by atoms with Crippen molar-refractivity contribution in [2.75, 3.05) is 14.2 Å². The Bertz CT molecular complexity index is 639. The van der Waals surface area contributed by atoms with Gasteiger partial charge in [0.1, 0.15) is 0 Å². The molecule has 0 bridgehead atoms. The van der Waals surface area contributed by atoms with Crippen LogP contribution < -0.4 is 9.47 Å². The molecule has 1 heterocycles. The highest BCUT2D eigenvalue weighted by atomic mass is 16.5. The van der Waals surface area contributed by atoms with Crippen LogP contribution in [0.1, 0.15) is 19.4 Å². The van der Waals surface area contributed by atoms with Crippen molar-refractivity contribution in [1.82, 2.24) is 15.0 Å². The molecule has 1 aromatic heterocycles. The first kappa shape index (κ1) is 14.8. The molecule has 1 aromatic carbocycles. The minimum Gasteiger partial charge on any atom is -0.493 e. The van der Waals surface area contributed by atoms with Gasteiger partial charge in [0.2, 0.25) is 0 Å². The van der Waals surface area contributed by atoms with Crippen LogP contribution >= 0.6 is 0 Å². The fourth-order valence-corrected chi connectivity index (χ4v) is 2.13. The molecule has 0 spiro atoms. The largest absolute Gasteiger partial charge is 0.493 e. The number of carboxylic acids is 1. The van der Waals surface area contributed by atoms with Gasteiger partial charge in [0.25, 0.3) is 0 Å². The molecule has 2 rings (SSSR count). The molecule has 0 aliphatic heterocycles. The molecule has 0 aliphatic rings. The SMILES string of the molecule is CCC(C(=O)O)n1nncc1-c1ccc(OC)c(OC)c1. The Hall–Kier alpha value is -2.57. The Balaban J connectivity index is 2.48. The first-order valence-electron chi connectivity index (χ1n) is 6.47. The number of rotatable bonds is 6. The monoisotopic (exact) mass is 291 g/mol. The lowest BCUT2D eigenvalue weighted by Gasteiger charge is -2.14. The van der Waals surface area contributed by atoms with Crippen LogP contribution in [0.15, 0.2) is 24.4 Å². The lowest BCUT2D eigenvalue weighted by atomic mass is 10.1. The predicted octanol–water partition coefficient (Wildman–Crippen LogP) is 2.00. The molecule has 1 unspecified atom stereocenters. The van der Waals surface area contributed by atoms with Gasteiger partial charge in [-0.3, -0.25) is 0 Å². The summed E-state index contributed by atoms with van der Waals surface area (Å²) in [4.78, 5) is 11.3. The summed E-state index contributed by atoms with van der Waals surface area (Å²) in [6.45, 7) is 1.79. The summed E-state index contributed by atoms with van der Waals surface area (Å²) < 4.78 is 11.9. The zero-order chi connectivity index (χ0) is 15.4. The van der Waals surface area contributed by atoms with Crippen LogP contribution in [0, 0.1) is 0 Å². The van der Waals surface area contributed by atoms with Crippen molar-refractivity contribution in [3.63, 3.8) is 0 Å². The van der Waals surface area contributed by atoms with Crippen LogP contribution in [0.2, 0.25) is 0 Å². The number of aromatic nitrogens is 3. The third-order valence-electron chi connectivity index (χ3n) is 3.22. The molecule has 21 heavy (non-hydrogen) atoms. The Kier molecular flexibility index (Phi) is 4.42. The minimum absolute atomic E-state index is 0.416. The highest BCUT2D eigenvalue weighted by molar-refractivity contribution is 5.73. The number of nitrogens with zero attached hydrogens (tertiary/aromatic N) is 3. The molecule has 7 heteroatoms. The predicted molar refractivity (Wildman–Crippen MR) is 75.5 cm³/mol. The molecule has 2 aromatic rings. The van der Waals surface area contributed by atoms with Crippen molar-refractivity contribution < 1.29 is 19.4 Å². The molecular weight excluding hydrogens is 274 g/mol. The quantitative estimate of drug-likeness (QED) is 0.876. The number of methoxy groups -OCH3 is 2. The average molecular weight is 291 g/mol. The Morgan fingerprint density at radius 2 is 2.05 bits per heavy atom. The molecule has 7 nitrogen and oxygen atoms in total. The van der Waals surface area contributed by atoms with Gasteiger partial charge in [-0.1, -0.05) is 12.1 Å². The third-order valence-corrected chi connectivity index (χ3v) is 3.22. The van der Waals surface area contributed by atoms with E-state index in [0.29, 0.717) is 23.6 Å². The fourth-order valence-electron chi connectivity index (χ4n) is 2.13. The van der Waals surface area contributed by atoms with E-state index in [4.69, 9.17) is 9.47 Å². The summed E-state index contributed by atoms with van der Waals surface area (Å²) in [6.07, 6.45) is 1.95. The molecule has 0 saturated heterocycles. The molecule has 0 aliphatic carbocycles. The number of benzene rings is 1. The van der Waals surface area contributed by atoms with Crippen molar-refractivity contribution in [2.45, 2.75) is 19.4 Å². The number of aliphatic carboxylic acids is 1. The summed E-state index contributed by atoms with van der Waals surface area (Å²) in [6, 6.07) is 4.58. The van der Waals surface area contributed by atoms with Crippen LogP contribution in [0.3, 0.4) is 0 Å². The van der Waals surface area contributed by atoms with Crippen LogP contribution in [0.4, 0.5) is 0 Å². The maximum atomic E-state index is 11.3. The number of hydrogen-bond acceptors (Lipinski definition) is 5. The lowest BCUT2D eigenvalue weighted by molar-refractivity contribution is -0.141. The molecule has 0 amide bonds. The van der Waals surface area contributed by atoms with Gasteiger partial charge in [0.15, 0.2) is 17.5 Å². The summed E-state index contributed by atoms with van der Waals surface area (Å²) in [7, 11) is 3.10. The van der Waals surface area contributed by atoms with Crippen molar-refractivity contribution in [3.8, 4) is 22.8 Å². The number of hydrogen-bond donors (Lipinski definition) is 1. The van der Waals surface area contributed by atoms with Gasteiger partial charge in [-0.05, 0) is 24.6 Å². The van der Waals surface area contributed by atoms with Crippen LogP contribution in [0.25, 0.3) is 11.3 Å². The number of carboxylic acid groups (broad SMARTS) is 1. The second-order valence-corrected chi connectivity index (χ2v) is 4.40. The first-order chi connectivity index (χ1) is 10.1. The van der Waals surface area contributed by atoms with Crippen LogP contribution in [-0.4, -0.2) is 40.3 Å². The van der Waals surface area contributed by atoms with E-state index in [-0.39, 0.29) is 0 Å². The Morgan fingerprint density at radius 1 is 1.33 bits per heavy atom. The van der Waals surface area contributed by atoms with Crippen LogP contribution in [-0.2, 0) is 4.79 Å². The zero-order valence-corrected chi connectivity index (χ0v) is 12.1. The summed E-state index contributed by atoms with van der Waals surface area (Å²) in [5.41, 5.74) is 1.38. The average Bonchev–Trinajstić information content (AvgIpc) is 2.96. The summed E-state index contributed by atoms with van der Waals surface area (Å²) in [5.74, 6) is 0.224. The lowest BCUT2D eigenvalue weighted by Crippen LogP contribution is -2.20. The van der Waals surface area contributed by atoms with Gasteiger partial charge >= 0.3 is 5.97 Å². The van der Waals surface area contributed by atoms with E-state index in [1.54, 1.807) is 33.3 Å². The Labute approximate surface area is 122 Å². The van der Waals surface area contributed by atoms with E-state index >= 15 is 0 Å². The normalized spacial score (nSPS) is 12.0. The molecule has 0 fully saturated rings. The van der Waals surface area contributed by atoms with Gasteiger partial charge in [-0.15, -0.1) is 5.10 Å². The number of ether oxygens (including phenoxy) is 2. The van der Waals surface area contributed by atoms with Crippen molar-refractivity contribution in [3.05, 3.63) is 24.4 Å². The number of carbonyl (C=O) groups is 1. The van der Waals surface area contributed by atoms with E-state index in [2.05, 4.69) is 10.3 Å². The molecular formula is C14H17N3O4. The van der Waals surface area contributed by atoms with E-state index < -0.39 is 12.0 Å². The molecule has 0 saturated carbocycles. The van der Waals surface area contributed by atoms with Gasteiger partial charge in [0, 0.05) is 5.56 Å². The smallest absolute Gasteiger partial charge is 0.328 e. The van der Waals surface area contributed by atoms with E-state index in [1.807, 2.05) is 6.07 Å². The van der Waals surface area contributed by atoms with Gasteiger partial charge in [0.05, 0.1) is 26.1 Å². The van der Waals surface area contributed by atoms with Crippen molar-refractivity contribution in [1.29, 1.82) is 0 Å². The topological polar surface area (TPSA) is 86.5 Å². The van der Waals surface area contributed by atoms with E-state index in [9.17, 15) is 9.90 Å². The molecule has 1 N–H and O–H groups in total. The van der Waals surface area contributed by atoms with Gasteiger partial charge < -0.3 is 14.6 Å². The first-order valence-corrected chi connectivity index (χ1v) is 6.47. The second kappa shape index (κ2) is 6.25. The van der Waals surface area contributed by atoms with E-state index in [0.717, 1.165) is 5.56 Å². The summed E-state index contributed by atoms with van der Waals surface area (Å²) >= 11 is 0. The standard InChI is InChI=1S/C14H17N3O4/c1-4-10(14(18)19)17-11(8-15-16-17)9-5-6-12(20-2)13(7-9)21-3/h5-8,10H,4H2,1-3H3,(H,18,19). The molecule has 112 valence electrons. The Morgan fingerprint density at radius 3 is 2.62 bits per heavy atom. The van der Waals surface area contributed by atoms with E-state index in [1.165, 1.54) is 10.9 Å². The van der Waals surface area contributed by atoms with Gasteiger partial charge in [-0.25, -0.2) is 9.48 Å². The molecule has 0 radical (unpaired) electrons. The summed E-state index contributed by atoms with van der Waals surface area (Å²) in [5, 5.41) is 17.0. The maximum absolute atomic E-state index is 11.3. The maximum Gasteiger partial charge on any atom is 0.328 e. The fraction of sp³-hybridized carbons (Fsp3) is 0.357. The highest BCUT2D eigenvalue weighted by Crippen LogP contribution is 2.32. The van der Waals surface area contributed by atoms with Crippen molar-refractivity contribution in [2.24, 2.45) is 0 Å². The third kappa shape index (κ3) is 2.81. The van der Waals surface area contributed by atoms with Crippen LogP contribution in [0.5, 0.6) is 11.5 Å². The minimum atomic E-state index is -0.940. The van der Waals surface area contributed by atoms with Crippen molar-refractivity contribution >= 4 is 5.97 Å². The van der Waals surface area contributed by atoms with Gasteiger partial charge in [-0.2, -0.15) is 0 Å². The highest BCUT2D eigenvalue weighted by Gasteiger charge is 2.22. The molecule has 1 atom stereocenters.